The van der Waals surface area contributed by atoms with Crippen LogP contribution in [0.5, 0.6) is 0 Å². The predicted molar refractivity (Wildman–Crippen MR) is 191 cm³/mol. The van der Waals surface area contributed by atoms with Crippen LogP contribution in [0.2, 0.25) is 0 Å². The first-order valence-electron chi connectivity index (χ1n) is 16.4. The molecule has 0 unspecified atom stereocenters. The molecule has 222 valence electrons. The van der Waals surface area contributed by atoms with Crippen molar-refractivity contribution in [1.82, 2.24) is 9.97 Å². The minimum absolute atomic E-state index is 0.984. The van der Waals surface area contributed by atoms with Crippen LogP contribution in [0.25, 0.3) is 44.1 Å². The number of benzene rings is 5. The van der Waals surface area contributed by atoms with Crippen molar-refractivity contribution in [2.75, 3.05) is 22.9 Å². The summed E-state index contributed by atoms with van der Waals surface area (Å²) in [5.74, 6) is 0. The molecule has 2 aromatic heterocycles. The summed E-state index contributed by atoms with van der Waals surface area (Å²) < 4.78 is 0. The molecule has 0 saturated carbocycles. The largest absolute Gasteiger partial charge is 0.341 e. The van der Waals surface area contributed by atoms with Gasteiger partial charge in [0.05, 0.1) is 11.4 Å². The molecule has 4 heterocycles. The molecule has 0 atom stereocenters. The maximum Gasteiger partial charge on any atom is 0.0714 e. The molecular formula is C42H34N4. The molecular weight excluding hydrogens is 560 g/mol. The van der Waals surface area contributed by atoms with Crippen molar-refractivity contribution in [3.63, 3.8) is 0 Å². The maximum absolute atomic E-state index is 4.93. The number of hydrogen-bond acceptors (Lipinski definition) is 4. The fourth-order valence-corrected chi connectivity index (χ4v) is 7.72. The van der Waals surface area contributed by atoms with E-state index in [1.807, 2.05) is 24.5 Å². The first-order valence-corrected chi connectivity index (χ1v) is 16.4. The standard InChI is InChI=1S/C42H34N4/c1-3-17-39-29(11-1)13-9-25-45(39)31-19-21-33-35(27-31)41(37-15-5-7-23-43-37)34-22-20-32(28-36(34)42(33)38-16-6-8-24-44-38)46-26-10-14-30-12-2-4-18-40(30)46/h1-8,11-12,15-24,27-28H,9-10,13-14,25-26H2. The summed E-state index contributed by atoms with van der Waals surface area (Å²) in [6, 6.07) is 44.2. The molecule has 0 fully saturated rings. The van der Waals surface area contributed by atoms with Gasteiger partial charge in [0.2, 0.25) is 0 Å². The summed E-state index contributed by atoms with van der Waals surface area (Å²) in [4.78, 5) is 14.8. The molecule has 2 aliphatic heterocycles. The molecule has 0 amide bonds. The van der Waals surface area contributed by atoms with Gasteiger partial charge in [0.15, 0.2) is 0 Å². The van der Waals surface area contributed by atoms with Crippen LogP contribution >= 0.6 is 0 Å². The minimum Gasteiger partial charge on any atom is -0.341 e. The predicted octanol–water partition coefficient (Wildman–Crippen LogP) is 10.3. The summed E-state index contributed by atoms with van der Waals surface area (Å²) in [6.45, 7) is 2.01. The highest BCUT2D eigenvalue weighted by Crippen LogP contribution is 2.46. The Kier molecular flexibility index (Phi) is 6.52. The third-order valence-electron chi connectivity index (χ3n) is 9.77. The van der Waals surface area contributed by atoms with Crippen LogP contribution in [-0.2, 0) is 12.8 Å². The van der Waals surface area contributed by atoms with Crippen LogP contribution in [0.4, 0.5) is 22.7 Å². The molecule has 0 spiro atoms. The van der Waals surface area contributed by atoms with E-state index in [1.54, 1.807) is 0 Å². The molecule has 4 heteroatoms. The number of hydrogen-bond donors (Lipinski definition) is 0. The molecule has 0 N–H and O–H groups in total. The number of para-hydroxylation sites is 2. The van der Waals surface area contributed by atoms with Crippen molar-refractivity contribution in [1.29, 1.82) is 0 Å². The van der Waals surface area contributed by atoms with Crippen molar-refractivity contribution >= 4 is 44.3 Å². The second-order valence-electron chi connectivity index (χ2n) is 12.4. The van der Waals surface area contributed by atoms with Crippen molar-refractivity contribution in [3.8, 4) is 22.5 Å². The summed E-state index contributed by atoms with van der Waals surface area (Å²) in [5, 5.41) is 4.78. The van der Waals surface area contributed by atoms with Crippen LogP contribution in [0.1, 0.15) is 24.0 Å². The molecule has 4 nitrogen and oxygen atoms in total. The van der Waals surface area contributed by atoms with E-state index in [0.717, 1.165) is 50.2 Å². The molecule has 7 aromatic rings. The molecule has 9 rings (SSSR count). The first kappa shape index (κ1) is 26.9. The van der Waals surface area contributed by atoms with E-state index in [-0.39, 0.29) is 0 Å². The van der Waals surface area contributed by atoms with E-state index in [1.165, 1.54) is 66.5 Å². The number of anilines is 4. The zero-order chi connectivity index (χ0) is 30.5. The van der Waals surface area contributed by atoms with Gasteiger partial charge in [-0.25, -0.2) is 0 Å². The number of rotatable bonds is 4. The zero-order valence-corrected chi connectivity index (χ0v) is 25.7. The zero-order valence-electron chi connectivity index (χ0n) is 25.7. The second-order valence-corrected chi connectivity index (χ2v) is 12.4. The Hall–Kier alpha value is -5.48. The van der Waals surface area contributed by atoms with Crippen molar-refractivity contribution in [2.45, 2.75) is 25.7 Å². The Morgan fingerprint density at radius 1 is 0.435 bits per heavy atom. The van der Waals surface area contributed by atoms with E-state index in [4.69, 9.17) is 9.97 Å². The first-order chi connectivity index (χ1) is 22.8. The van der Waals surface area contributed by atoms with Gasteiger partial charge < -0.3 is 9.80 Å². The van der Waals surface area contributed by atoms with Gasteiger partial charge >= 0.3 is 0 Å². The lowest BCUT2D eigenvalue weighted by Crippen LogP contribution is -2.24. The highest BCUT2D eigenvalue weighted by molar-refractivity contribution is 6.21. The summed E-state index contributed by atoms with van der Waals surface area (Å²) in [6.07, 6.45) is 8.34. The van der Waals surface area contributed by atoms with E-state index in [0.29, 0.717) is 0 Å². The highest BCUT2D eigenvalue weighted by atomic mass is 15.1. The molecule has 46 heavy (non-hydrogen) atoms. The van der Waals surface area contributed by atoms with Crippen LogP contribution in [0.3, 0.4) is 0 Å². The lowest BCUT2D eigenvalue weighted by atomic mass is 9.87. The van der Waals surface area contributed by atoms with E-state index < -0.39 is 0 Å². The van der Waals surface area contributed by atoms with Gasteiger partial charge in [-0.1, -0.05) is 60.7 Å². The fourth-order valence-electron chi connectivity index (χ4n) is 7.72. The lowest BCUT2D eigenvalue weighted by Gasteiger charge is -2.32. The number of fused-ring (bicyclic) bond motifs is 4. The topological polar surface area (TPSA) is 32.3 Å². The Morgan fingerprint density at radius 3 is 1.35 bits per heavy atom. The molecule has 0 radical (unpaired) electrons. The Labute approximate surface area is 269 Å². The van der Waals surface area contributed by atoms with Gasteiger partial charge in [-0.2, -0.15) is 0 Å². The quantitative estimate of drug-likeness (QED) is 0.190. The number of pyridine rings is 2. The van der Waals surface area contributed by atoms with E-state index in [9.17, 15) is 0 Å². The van der Waals surface area contributed by atoms with Crippen molar-refractivity contribution in [3.05, 3.63) is 145 Å². The van der Waals surface area contributed by atoms with Crippen LogP contribution in [0.15, 0.2) is 134 Å². The van der Waals surface area contributed by atoms with Gasteiger partial charge in [0.1, 0.15) is 0 Å². The lowest BCUT2D eigenvalue weighted by molar-refractivity contribution is 0.767. The SMILES string of the molecule is c1ccc(-c2c3ccc(N4CCCc5ccccc54)cc3c(-c3ccccn3)c3ccc(N4CCCc5ccccc54)cc23)nc1. The van der Waals surface area contributed by atoms with Gasteiger partial charge in [0, 0.05) is 59.4 Å². The van der Waals surface area contributed by atoms with Gasteiger partial charge in [-0.05, 0) is 119 Å². The molecule has 5 aromatic carbocycles. The highest BCUT2D eigenvalue weighted by Gasteiger charge is 2.24. The monoisotopic (exact) mass is 594 g/mol. The average molecular weight is 595 g/mol. The van der Waals surface area contributed by atoms with Crippen molar-refractivity contribution in [2.24, 2.45) is 0 Å². The van der Waals surface area contributed by atoms with Crippen LogP contribution < -0.4 is 9.80 Å². The summed E-state index contributed by atoms with van der Waals surface area (Å²) in [5.41, 5.74) is 12.2. The summed E-state index contributed by atoms with van der Waals surface area (Å²) in [7, 11) is 0. The van der Waals surface area contributed by atoms with Crippen LogP contribution in [-0.4, -0.2) is 23.1 Å². The Bertz CT molecular complexity index is 2060. The Balaban J connectivity index is 1.34. The van der Waals surface area contributed by atoms with Gasteiger partial charge in [-0.3, -0.25) is 9.97 Å². The molecule has 0 saturated heterocycles. The van der Waals surface area contributed by atoms with Gasteiger partial charge in [-0.15, -0.1) is 0 Å². The average Bonchev–Trinajstić information content (AvgIpc) is 3.13. The minimum atomic E-state index is 0.984. The van der Waals surface area contributed by atoms with Crippen LogP contribution in [0, 0.1) is 0 Å². The van der Waals surface area contributed by atoms with E-state index >= 15 is 0 Å². The number of aromatic nitrogens is 2. The number of aryl methyl sites for hydroxylation is 2. The normalized spacial score (nSPS) is 14.3. The smallest absolute Gasteiger partial charge is 0.0714 e. The fraction of sp³-hybridized carbons (Fsp3) is 0.143. The van der Waals surface area contributed by atoms with E-state index in [2.05, 4.69) is 119 Å². The Morgan fingerprint density at radius 2 is 0.891 bits per heavy atom. The maximum atomic E-state index is 4.93. The molecule has 2 aliphatic rings. The molecule has 0 bridgehead atoms. The van der Waals surface area contributed by atoms with Gasteiger partial charge in [0.25, 0.3) is 0 Å². The number of nitrogens with zero attached hydrogens (tertiary/aromatic N) is 4. The molecule has 0 aliphatic carbocycles. The third-order valence-corrected chi connectivity index (χ3v) is 9.77. The second kappa shape index (κ2) is 11.1. The third kappa shape index (κ3) is 4.44. The van der Waals surface area contributed by atoms with Crippen molar-refractivity contribution < 1.29 is 0 Å². The summed E-state index contributed by atoms with van der Waals surface area (Å²) >= 11 is 0.